The van der Waals surface area contributed by atoms with Gasteiger partial charge in [0.1, 0.15) is 12.1 Å². The zero-order chi connectivity index (χ0) is 31.3. The van der Waals surface area contributed by atoms with Crippen LogP contribution < -0.4 is 25.8 Å². The number of hydrazine groups is 2. The van der Waals surface area contributed by atoms with Gasteiger partial charge in [-0.05, 0) is 57.9 Å². The topological polar surface area (TPSA) is 74.2 Å². The molecule has 2 atom stereocenters. The first-order chi connectivity index (χ1) is 20.2. The van der Waals surface area contributed by atoms with Crippen LogP contribution in [0.3, 0.4) is 0 Å². The van der Waals surface area contributed by atoms with E-state index in [0.717, 1.165) is 10.0 Å². The standard InChI is InChI=1S/C29H26BrF6N5O2/c1-39(2)20-14-13-16(15-19(20)30)21(22-24(28(31,32)33)37-40(26(22)42)17-9-5-3-6-10-17)23-25(29(34,35)36)38-41(27(23)43)18-11-7-4-8-12-18/h3-15,21,24-25,37-38,42-43H,1-2H3/t24-,25-/m1/s1. The van der Waals surface area contributed by atoms with Gasteiger partial charge in [0, 0.05) is 35.6 Å². The van der Waals surface area contributed by atoms with E-state index < -0.39 is 53.3 Å². The zero-order valence-electron chi connectivity index (χ0n) is 22.6. The van der Waals surface area contributed by atoms with Gasteiger partial charge < -0.3 is 15.1 Å². The van der Waals surface area contributed by atoms with Crippen molar-refractivity contribution in [2.45, 2.75) is 30.4 Å². The van der Waals surface area contributed by atoms with Crippen molar-refractivity contribution in [3.05, 3.63) is 112 Å². The number of nitrogens with zero attached hydrogens (tertiary/aromatic N) is 3. The van der Waals surface area contributed by atoms with Crippen LogP contribution in [-0.4, -0.2) is 48.7 Å². The minimum absolute atomic E-state index is 0.0301. The number of benzene rings is 3. The second kappa shape index (κ2) is 11.3. The summed E-state index contributed by atoms with van der Waals surface area (Å²) >= 11 is 3.37. The minimum atomic E-state index is -5.05. The Bertz CT molecular complexity index is 1460. The van der Waals surface area contributed by atoms with Gasteiger partial charge in [0.2, 0.25) is 11.8 Å². The zero-order valence-corrected chi connectivity index (χ0v) is 24.2. The molecule has 4 N–H and O–H groups in total. The number of halogens is 7. The molecule has 0 saturated carbocycles. The third kappa shape index (κ3) is 5.74. The number of hydrogen-bond acceptors (Lipinski definition) is 7. The van der Waals surface area contributed by atoms with Crippen molar-refractivity contribution < 1.29 is 36.6 Å². The molecule has 0 spiro atoms. The van der Waals surface area contributed by atoms with E-state index in [9.17, 15) is 36.6 Å². The van der Waals surface area contributed by atoms with Crippen molar-refractivity contribution in [2.24, 2.45) is 0 Å². The van der Waals surface area contributed by atoms with Crippen LogP contribution in [0.4, 0.5) is 43.4 Å². The molecule has 14 heteroatoms. The largest absolute Gasteiger partial charge is 0.493 e. The predicted molar refractivity (Wildman–Crippen MR) is 154 cm³/mol. The quantitative estimate of drug-likeness (QED) is 0.210. The summed E-state index contributed by atoms with van der Waals surface area (Å²) in [5.74, 6) is -3.77. The number of nitrogens with one attached hydrogen (secondary N) is 2. The van der Waals surface area contributed by atoms with Gasteiger partial charge in [-0.25, -0.2) is 20.9 Å². The third-order valence-electron chi connectivity index (χ3n) is 7.17. The number of hydrogen-bond donors (Lipinski definition) is 4. The highest BCUT2D eigenvalue weighted by Gasteiger charge is 2.57. The van der Waals surface area contributed by atoms with Gasteiger partial charge in [0.05, 0.1) is 17.1 Å². The maximum absolute atomic E-state index is 14.7. The van der Waals surface area contributed by atoms with Crippen molar-refractivity contribution in [3.63, 3.8) is 0 Å². The first-order valence-electron chi connectivity index (χ1n) is 12.9. The maximum Gasteiger partial charge on any atom is 0.409 e. The van der Waals surface area contributed by atoms with E-state index in [-0.39, 0.29) is 16.9 Å². The van der Waals surface area contributed by atoms with Crippen molar-refractivity contribution in [3.8, 4) is 0 Å². The molecule has 5 rings (SSSR count). The van der Waals surface area contributed by atoms with Crippen LogP contribution in [0.15, 0.2) is 106 Å². The first kappa shape index (κ1) is 30.6. The summed E-state index contributed by atoms with van der Waals surface area (Å²) in [5, 5.41) is 24.4. The van der Waals surface area contributed by atoms with E-state index in [1.807, 2.05) is 0 Å². The van der Waals surface area contributed by atoms with Crippen LogP contribution in [0.25, 0.3) is 0 Å². The maximum atomic E-state index is 14.7. The van der Waals surface area contributed by atoms with E-state index in [0.29, 0.717) is 10.2 Å². The van der Waals surface area contributed by atoms with Crippen LogP contribution in [0, 0.1) is 0 Å². The van der Waals surface area contributed by atoms with Crippen LogP contribution in [0.2, 0.25) is 0 Å². The SMILES string of the molecule is CN(C)c1ccc(C(C2=C(O)N(c3ccccc3)N[C@H]2C(F)(F)F)C2=C(O)N(c3ccccc3)N[C@H]2C(F)(F)F)cc1Br. The molecule has 2 heterocycles. The molecule has 0 unspecified atom stereocenters. The fourth-order valence-electron chi connectivity index (χ4n) is 5.27. The summed E-state index contributed by atoms with van der Waals surface area (Å²) in [6.07, 6.45) is -10.1. The molecule has 0 amide bonds. The Morgan fingerprint density at radius 3 is 1.49 bits per heavy atom. The summed E-state index contributed by atoms with van der Waals surface area (Å²) in [5.41, 5.74) is 3.63. The Morgan fingerprint density at radius 2 is 1.14 bits per heavy atom. The Balaban J connectivity index is 1.81. The van der Waals surface area contributed by atoms with Crippen molar-refractivity contribution >= 4 is 33.0 Å². The summed E-state index contributed by atoms with van der Waals surface area (Å²) in [7, 11) is 3.44. The molecule has 228 valence electrons. The average molecular weight is 670 g/mol. The molecule has 2 aliphatic heterocycles. The lowest BCUT2D eigenvalue weighted by Gasteiger charge is -2.29. The molecule has 3 aromatic rings. The van der Waals surface area contributed by atoms with E-state index in [2.05, 4.69) is 26.8 Å². The second-order valence-corrected chi connectivity index (χ2v) is 11.0. The summed E-state index contributed by atoms with van der Waals surface area (Å²) in [6, 6.07) is 14.2. The van der Waals surface area contributed by atoms with Crippen LogP contribution in [0.1, 0.15) is 11.5 Å². The van der Waals surface area contributed by atoms with Gasteiger partial charge in [0.15, 0.2) is 0 Å². The van der Waals surface area contributed by atoms with Gasteiger partial charge in [-0.1, -0.05) is 42.5 Å². The van der Waals surface area contributed by atoms with E-state index in [1.54, 1.807) is 31.1 Å². The smallest absolute Gasteiger partial charge is 0.409 e. The Morgan fingerprint density at radius 1 is 0.721 bits per heavy atom. The Kier molecular flexibility index (Phi) is 8.05. The molecule has 0 saturated heterocycles. The fraction of sp³-hybridized carbons (Fsp3) is 0.241. The lowest BCUT2D eigenvalue weighted by atomic mass is 9.79. The van der Waals surface area contributed by atoms with Gasteiger partial charge in [-0.2, -0.15) is 26.3 Å². The molecule has 3 aromatic carbocycles. The molecule has 43 heavy (non-hydrogen) atoms. The van der Waals surface area contributed by atoms with Crippen molar-refractivity contribution in [1.82, 2.24) is 10.9 Å². The van der Waals surface area contributed by atoms with Gasteiger partial charge in [-0.3, -0.25) is 0 Å². The number of aliphatic hydroxyl groups excluding tert-OH is 2. The third-order valence-corrected chi connectivity index (χ3v) is 7.81. The number of alkyl halides is 6. The van der Waals surface area contributed by atoms with Gasteiger partial charge >= 0.3 is 12.4 Å². The normalized spacial score (nSPS) is 19.7. The highest BCUT2D eigenvalue weighted by molar-refractivity contribution is 9.10. The lowest BCUT2D eigenvalue weighted by Crippen LogP contribution is -2.48. The summed E-state index contributed by atoms with van der Waals surface area (Å²) < 4.78 is 88.4. The second-order valence-electron chi connectivity index (χ2n) is 10.1. The molecular formula is C29H26BrF6N5O2. The van der Waals surface area contributed by atoms with E-state index in [4.69, 9.17) is 0 Å². The van der Waals surface area contributed by atoms with E-state index in [1.165, 1.54) is 66.7 Å². The van der Waals surface area contributed by atoms with Crippen molar-refractivity contribution in [2.75, 3.05) is 29.0 Å². The van der Waals surface area contributed by atoms with Crippen LogP contribution in [-0.2, 0) is 0 Å². The molecule has 0 aliphatic carbocycles. The number of para-hydroxylation sites is 2. The van der Waals surface area contributed by atoms with Gasteiger partial charge in [-0.15, -0.1) is 0 Å². The Labute approximate surface area is 251 Å². The fourth-order valence-corrected chi connectivity index (χ4v) is 6.02. The molecular weight excluding hydrogens is 644 g/mol. The van der Waals surface area contributed by atoms with E-state index >= 15 is 0 Å². The molecule has 0 aromatic heterocycles. The molecule has 0 radical (unpaired) electrons. The molecule has 2 aliphatic rings. The van der Waals surface area contributed by atoms with Crippen molar-refractivity contribution in [1.29, 1.82) is 0 Å². The first-order valence-corrected chi connectivity index (χ1v) is 13.7. The monoisotopic (exact) mass is 669 g/mol. The average Bonchev–Trinajstić information content (AvgIpc) is 3.47. The number of rotatable bonds is 6. The predicted octanol–water partition coefficient (Wildman–Crippen LogP) is 7.05. The molecule has 0 bridgehead atoms. The number of aliphatic hydroxyl groups is 2. The van der Waals surface area contributed by atoms with Gasteiger partial charge in [0.25, 0.3) is 0 Å². The summed E-state index contributed by atoms with van der Waals surface area (Å²) in [6.45, 7) is 0. The van der Waals surface area contributed by atoms with Crippen LogP contribution in [0.5, 0.6) is 0 Å². The minimum Gasteiger partial charge on any atom is -0.493 e. The highest BCUT2D eigenvalue weighted by atomic mass is 79.9. The Hall–Kier alpha value is -3.88. The molecule has 7 nitrogen and oxygen atoms in total. The summed E-state index contributed by atoms with van der Waals surface area (Å²) in [4.78, 5) is 1.70. The number of anilines is 3. The molecule has 0 fully saturated rings. The van der Waals surface area contributed by atoms with Crippen LogP contribution >= 0.6 is 15.9 Å². The highest BCUT2D eigenvalue weighted by Crippen LogP contribution is 2.50. The lowest BCUT2D eigenvalue weighted by molar-refractivity contribution is -0.148.